The van der Waals surface area contributed by atoms with Crippen molar-refractivity contribution in [3.63, 3.8) is 0 Å². The highest BCUT2D eigenvalue weighted by Gasteiger charge is 2.14. The van der Waals surface area contributed by atoms with Crippen LogP contribution in [0.15, 0.2) is 109 Å². The van der Waals surface area contributed by atoms with Crippen LogP contribution in [-0.4, -0.2) is 54.1 Å². The van der Waals surface area contributed by atoms with E-state index in [2.05, 4.69) is 9.97 Å². The molecule has 4 rings (SSSR count). The maximum absolute atomic E-state index is 10.4. The van der Waals surface area contributed by atoms with E-state index in [9.17, 15) is 19.2 Å². The van der Waals surface area contributed by atoms with Gasteiger partial charge in [0.25, 0.3) is 11.8 Å². The highest BCUT2D eigenvalue weighted by Crippen LogP contribution is 2.11. The molecule has 0 unspecified atom stereocenters. The number of hydrogen-bond donors (Lipinski definition) is 6. The van der Waals surface area contributed by atoms with Gasteiger partial charge < -0.3 is 31.9 Å². The summed E-state index contributed by atoms with van der Waals surface area (Å²) in [4.78, 5) is 48.6. The lowest BCUT2D eigenvalue weighted by Crippen LogP contribution is -2.12. The lowest BCUT2D eigenvalue weighted by Gasteiger charge is -2.03. The number of nitrogens with two attached hydrogens (primary N) is 2. The number of carbonyl (C=O) groups excluding carboxylic acids is 2. The number of carboxylic acid groups (broad SMARTS) is 2. The van der Waals surface area contributed by atoms with E-state index in [1.54, 1.807) is 97.1 Å². The second-order valence-electron chi connectivity index (χ2n) is 7.46. The largest absolute Gasteiger partial charge is 0.479 e. The molecule has 4 aromatic rings. The number of aliphatic carboxylic acids is 2. The number of aliphatic hydroxyl groups is 2. The quantitative estimate of drug-likeness (QED) is 0.205. The molecule has 2 amide bonds. The average molecular weight is 549 g/mol. The van der Waals surface area contributed by atoms with Gasteiger partial charge in [-0.05, 0) is 35.4 Å². The van der Waals surface area contributed by atoms with Gasteiger partial charge in [0.2, 0.25) is 0 Å². The van der Waals surface area contributed by atoms with E-state index in [4.69, 9.17) is 31.9 Å². The minimum atomic E-state index is -1.41. The first-order valence-corrected chi connectivity index (χ1v) is 11.4. The first-order chi connectivity index (χ1) is 19.0. The van der Waals surface area contributed by atoms with Gasteiger partial charge in [-0.3, -0.25) is 19.6 Å². The topological polar surface area (TPSA) is 227 Å². The molecule has 2 heterocycles. The van der Waals surface area contributed by atoms with Crippen molar-refractivity contribution in [2.75, 3.05) is 0 Å². The van der Waals surface area contributed by atoms with Gasteiger partial charge in [-0.15, -0.1) is 0 Å². The fourth-order valence-corrected chi connectivity index (χ4v) is 2.57. The zero-order chi connectivity index (χ0) is 29.9. The first-order valence-electron chi connectivity index (χ1n) is 11.4. The Bertz CT molecular complexity index is 1220. The fraction of sp³-hybridized carbons (Fsp3) is 0.0714. The Morgan fingerprint density at radius 2 is 0.825 bits per heavy atom. The van der Waals surface area contributed by atoms with Crippen LogP contribution in [-0.2, 0) is 9.59 Å². The number of rotatable bonds is 6. The lowest BCUT2D eigenvalue weighted by molar-refractivity contribution is -0.147. The average Bonchev–Trinajstić information content (AvgIpc) is 2.99. The van der Waals surface area contributed by atoms with Gasteiger partial charge >= 0.3 is 11.9 Å². The molecule has 2 aromatic carbocycles. The summed E-state index contributed by atoms with van der Waals surface area (Å²) in [6.45, 7) is 0. The summed E-state index contributed by atoms with van der Waals surface area (Å²) >= 11 is 0. The summed E-state index contributed by atoms with van der Waals surface area (Å²) in [5, 5.41) is 34.8. The van der Waals surface area contributed by atoms with Crippen molar-refractivity contribution in [2.24, 2.45) is 11.5 Å². The third-order valence-electron chi connectivity index (χ3n) is 4.53. The molecule has 12 heteroatoms. The molecular formula is C28H28N4O8. The maximum Gasteiger partial charge on any atom is 0.337 e. The van der Waals surface area contributed by atoms with E-state index in [1.807, 2.05) is 0 Å². The Hall–Kier alpha value is -5.46. The van der Waals surface area contributed by atoms with Crippen LogP contribution in [0.3, 0.4) is 0 Å². The van der Waals surface area contributed by atoms with Crippen molar-refractivity contribution in [3.05, 3.63) is 132 Å². The van der Waals surface area contributed by atoms with E-state index < -0.39 is 36.0 Å². The fourth-order valence-electron chi connectivity index (χ4n) is 2.57. The molecule has 0 aliphatic rings. The van der Waals surface area contributed by atoms with E-state index in [1.165, 1.54) is 12.4 Å². The van der Waals surface area contributed by atoms with Crippen molar-refractivity contribution in [3.8, 4) is 0 Å². The Labute approximate surface area is 229 Å². The molecule has 2 atom stereocenters. The van der Waals surface area contributed by atoms with Crippen molar-refractivity contribution in [2.45, 2.75) is 12.2 Å². The second kappa shape index (κ2) is 17.9. The molecule has 12 nitrogen and oxygen atoms in total. The van der Waals surface area contributed by atoms with Crippen LogP contribution in [0.1, 0.15) is 44.3 Å². The highest BCUT2D eigenvalue weighted by atomic mass is 16.4. The third kappa shape index (κ3) is 12.7. The number of carboxylic acids is 2. The molecule has 0 aliphatic carbocycles. The standard InChI is InChI=1S/2C8H8O3.2C6H6N2O/c2*9-7(8(10)11)6-4-2-1-3-5-6;2*7-6(9)5-3-1-2-4-8-5/h2*1-5,7,9H,(H,10,11);2*1-4H,(H2,7,9)/t2*7-;;/m00../s1. The molecule has 0 radical (unpaired) electrons. The molecular weight excluding hydrogens is 520 g/mol. The Morgan fingerprint density at radius 3 is 1.02 bits per heavy atom. The minimum Gasteiger partial charge on any atom is -0.479 e. The molecule has 2 aromatic heterocycles. The molecule has 0 saturated carbocycles. The SMILES string of the molecule is NC(=O)c1ccccn1.NC(=O)c1ccccn1.O=C(O)[C@@H](O)c1ccccc1.O=C(O)[C@@H](O)c1ccccc1. The van der Waals surface area contributed by atoms with Gasteiger partial charge in [0.15, 0.2) is 12.2 Å². The Morgan fingerprint density at radius 1 is 0.525 bits per heavy atom. The molecule has 208 valence electrons. The summed E-state index contributed by atoms with van der Waals surface area (Å²) in [6, 6.07) is 26.6. The van der Waals surface area contributed by atoms with Gasteiger partial charge in [0, 0.05) is 12.4 Å². The third-order valence-corrected chi connectivity index (χ3v) is 4.53. The minimum absolute atomic E-state index is 0.303. The van der Waals surface area contributed by atoms with Crippen LogP contribution < -0.4 is 11.5 Å². The molecule has 0 fully saturated rings. The van der Waals surface area contributed by atoms with Gasteiger partial charge in [0.05, 0.1) is 0 Å². The Balaban J connectivity index is 0.000000268. The zero-order valence-electron chi connectivity index (χ0n) is 21.0. The zero-order valence-corrected chi connectivity index (χ0v) is 21.0. The number of amides is 2. The van der Waals surface area contributed by atoms with Crippen LogP contribution in [0.25, 0.3) is 0 Å². The van der Waals surface area contributed by atoms with Crippen LogP contribution in [0.2, 0.25) is 0 Å². The van der Waals surface area contributed by atoms with Crippen molar-refractivity contribution in [1.82, 2.24) is 9.97 Å². The number of carbonyl (C=O) groups is 4. The Kier molecular flexibility index (Phi) is 14.6. The van der Waals surface area contributed by atoms with Gasteiger partial charge in [-0.2, -0.15) is 0 Å². The van der Waals surface area contributed by atoms with Gasteiger partial charge in [0.1, 0.15) is 11.4 Å². The summed E-state index contributed by atoms with van der Waals surface area (Å²) in [6.07, 6.45) is 0.243. The number of primary amides is 2. The number of hydrogen-bond acceptors (Lipinski definition) is 8. The van der Waals surface area contributed by atoms with Gasteiger partial charge in [-0.25, -0.2) is 9.59 Å². The summed E-state index contributed by atoms with van der Waals surface area (Å²) in [7, 11) is 0. The second-order valence-corrected chi connectivity index (χ2v) is 7.46. The monoisotopic (exact) mass is 548 g/mol. The molecule has 40 heavy (non-hydrogen) atoms. The summed E-state index contributed by atoms with van der Waals surface area (Å²) in [5.41, 5.74) is 11.2. The maximum atomic E-state index is 10.4. The first kappa shape index (κ1) is 32.6. The lowest BCUT2D eigenvalue weighted by atomic mass is 10.1. The van der Waals surface area contributed by atoms with Crippen LogP contribution >= 0.6 is 0 Å². The van der Waals surface area contributed by atoms with E-state index in [-0.39, 0.29) is 0 Å². The molecule has 0 aliphatic heterocycles. The highest BCUT2D eigenvalue weighted by molar-refractivity contribution is 5.90. The molecule has 0 spiro atoms. The smallest absolute Gasteiger partial charge is 0.337 e. The van der Waals surface area contributed by atoms with Crippen molar-refractivity contribution >= 4 is 23.8 Å². The van der Waals surface area contributed by atoms with Crippen LogP contribution in [0, 0.1) is 0 Å². The van der Waals surface area contributed by atoms with Crippen molar-refractivity contribution in [1.29, 1.82) is 0 Å². The molecule has 0 saturated heterocycles. The number of aliphatic hydroxyl groups excluding tert-OH is 2. The number of benzene rings is 2. The predicted octanol–water partition coefficient (Wildman–Crippen LogP) is 1.97. The molecule has 8 N–H and O–H groups in total. The summed E-state index contributed by atoms with van der Waals surface area (Å²) in [5.74, 6) is -3.43. The predicted molar refractivity (Wildman–Crippen MR) is 144 cm³/mol. The molecule has 0 bridgehead atoms. The number of pyridine rings is 2. The normalized spacial score (nSPS) is 10.8. The summed E-state index contributed by atoms with van der Waals surface area (Å²) < 4.78 is 0. The number of nitrogens with zero attached hydrogens (tertiary/aromatic N) is 2. The van der Waals surface area contributed by atoms with Crippen LogP contribution in [0.4, 0.5) is 0 Å². The van der Waals surface area contributed by atoms with E-state index in [0.29, 0.717) is 22.5 Å². The van der Waals surface area contributed by atoms with E-state index in [0.717, 1.165) is 0 Å². The van der Waals surface area contributed by atoms with Crippen LogP contribution in [0.5, 0.6) is 0 Å². The number of aromatic nitrogens is 2. The van der Waals surface area contributed by atoms with Crippen molar-refractivity contribution < 1.29 is 39.6 Å². The van der Waals surface area contributed by atoms with E-state index >= 15 is 0 Å². The van der Waals surface area contributed by atoms with Gasteiger partial charge in [-0.1, -0.05) is 72.8 Å².